The largest absolute Gasteiger partial charge is 0.481 e. The minimum Gasteiger partial charge on any atom is -0.481 e. The Morgan fingerprint density at radius 3 is 1.09 bits per heavy atom. The molecule has 704 valence electrons. The molecule has 0 radical (unpaired) electrons. The van der Waals surface area contributed by atoms with Gasteiger partial charge in [-0.05, 0) is 67.4 Å². The Balaban J connectivity index is 1.60. The van der Waals surface area contributed by atoms with Crippen LogP contribution in [0.3, 0.4) is 0 Å². The number of aliphatic hydroxyl groups excluding tert-OH is 1. The van der Waals surface area contributed by atoms with Crippen molar-refractivity contribution in [1.29, 1.82) is 0 Å². The van der Waals surface area contributed by atoms with Gasteiger partial charge in [-0.3, -0.25) is 95.9 Å². The monoisotopic (exact) mass is 1820 g/mol. The van der Waals surface area contributed by atoms with Crippen molar-refractivity contribution in [2.45, 2.75) is 236 Å². The topological polar surface area (TPSA) is 799 Å². The van der Waals surface area contributed by atoms with Crippen LogP contribution in [-0.4, -0.2) is 283 Å². The third-order valence-electron chi connectivity index (χ3n) is 19.6. The van der Waals surface area contributed by atoms with Gasteiger partial charge in [-0.25, -0.2) is 14.8 Å². The second-order valence-electron chi connectivity index (χ2n) is 31.5. The van der Waals surface area contributed by atoms with Gasteiger partial charge >= 0.3 is 29.8 Å². The molecule has 49 nitrogen and oxygen atoms in total. The van der Waals surface area contributed by atoms with Crippen LogP contribution in [0.25, 0.3) is 10.9 Å². The molecule has 4 rings (SSSR count). The van der Waals surface area contributed by atoms with Crippen LogP contribution in [0.5, 0.6) is 0 Å². The number of aliphatic carboxylic acids is 5. The van der Waals surface area contributed by atoms with E-state index in [2.05, 4.69) is 112 Å². The first-order valence-electron chi connectivity index (χ1n) is 40.5. The first kappa shape index (κ1) is 107. The summed E-state index contributed by atoms with van der Waals surface area (Å²) in [5.41, 5.74) is 18.0. The lowest BCUT2D eigenvalue weighted by Crippen LogP contribution is -2.62. The number of aromatic amines is 3. The summed E-state index contributed by atoms with van der Waals surface area (Å²) in [4.78, 5) is 299. The molecule has 0 fully saturated rings. The van der Waals surface area contributed by atoms with Gasteiger partial charge in [0.05, 0.1) is 38.1 Å². The van der Waals surface area contributed by atoms with Crippen molar-refractivity contribution >= 4 is 148 Å². The van der Waals surface area contributed by atoms with Crippen LogP contribution in [0.4, 0.5) is 0 Å². The van der Waals surface area contributed by atoms with Crippen molar-refractivity contribution in [3.05, 3.63) is 72.5 Å². The summed E-state index contributed by atoms with van der Waals surface area (Å²) in [5, 5.41) is 93.0. The number of hydrogen-bond acceptors (Lipinski definition) is 26. The number of thiol groups is 1. The molecule has 0 bridgehead atoms. The zero-order valence-electron chi connectivity index (χ0n) is 71.3. The highest BCUT2D eigenvalue weighted by atomic mass is 32.1. The van der Waals surface area contributed by atoms with E-state index in [1.54, 1.807) is 44.3 Å². The summed E-state index contributed by atoms with van der Waals surface area (Å²) in [6, 6.07) is -19.5. The lowest BCUT2D eigenvalue weighted by Gasteiger charge is -2.29. The fourth-order valence-electron chi connectivity index (χ4n) is 12.6. The molecule has 0 unspecified atom stereocenters. The van der Waals surface area contributed by atoms with Gasteiger partial charge in [0, 0.05) is 91.6 Å². The van der Waals surface area contributed by atoms with Crippen molar-refractivity contribution in [2.24, 2.45) is 40.9 Å². The Hall–Kier alpha value is -13.7. The molecular weight excluding hydrogens is 1710 g/mol. The zero-order valence-corrected chi connectivity index (χ0v) is 72.2. The summed E-state index contributed by atoms with van der Waals surface area (Å²) in [6.07, 6.45) is -2.52. The van der Waals surface area contributed by atoms with Crippen molar-refractivity contribution in [1.82, 2.24) is 99.4 Å². The number of rotatable bonds is 58. The number of carbonyl (C=O) groups is 21. The number of imidazole rings is 2. The number of nitrogens with zero attached hydrogens (tertiary/aromatic N) is 2. The first-order valence-corrected chi connectivity index (χ1v) is 41.2. The number of primary amides is 2. The molecule has 1 aromatic carbocycles. The maximum absolute atomic E-state index is 14.6. The van der Waals surface area contributed by atoms with Crippen LogP contribution < -0.4 is 91.6 Å². The van der Waals surface area contributed by atoms with Crippen LogP contribution >= 0.6 is 12.6 Å². The molecule has 16 amide bonds. The number of amides is 16. The molecule has 0 saturated heterocycles. The number of carboxylic acids is 5. The number of carboxylic acid groups (broad SMARTS) is 5. The highest BCUT2D eigenvalue weighted by Gasteiger charge is 2.41. The number of H-pyrrole nitrogens is 3. The summed E-state index contributed by atoms with van der Waals surface area (Å²) in [6.45, 7) is 10.8. The van der Waals surface area contributed by atoms with Crippen LogP contribution in [-0.2, 0) is 120 Å². The van der Waals surface area contributed by atoms with Crippen LogP contribution in [0.15, 0.2) is 55.5 Å². The molecule has 15 atom stereocenters. The quantitative estimate of drug-likeness (QED) is 0.0183. The highest BCUT2D eigenvalue weighted by Crippen LogP contribution is 2.21. The normalized spacial score (nSPS) is 14.8. The fraction of sp³-hybridized carbons (Fsp3) is 0.551. The van der Waals surface area contributed by atoms with Gasteiger partial charge in [0.1, 0.15) is 84.6 Å². The number of nitrogens with one attached hydrogen (secondary N) is 17. The Labute approximate surface area is 737 Å². The van der Waals surface area contributed by atoms with E-state index in [-0.39, 0.29) is 48.7 Å². The number of carbonyl (C=O) groups excluding carboxylic acids is 16. The molecule has 0 aliphatic rings. The number of aliphatic hydroxyl groups is 1. The molecule has 0 aliphatic carbocycles. The van der Waals surface area contributed by atoms with Gasteiger partial charge < -0.3 is 137 Å². The second-order valence-corrected chi connectivity index (χ2v) is 31.9. The van der Waals surface area contributed by atoms with Crippen molar-refractivity contribution < 1.29 is 131 Å². The SMILES string of the molecule is CC(C)C[C@H](NC(=O)[C@@H](N)CCC(N)=O)C(=O)N[C@H](C(=O)N[C@@H](CC(=O)O)C(=O)N[C@@H](Cc1cnc[nH]1)C(=O)N[C@@H](CCC(=O)O)C(=O)N[C@H](C(=O)N[C@@H](Cc1cnc[nH]1)C(=O)N[C@@H](CCC(=O)O)C(=O)N[C@@H](CO)C(=O)N[C@@H](CC(N)=O)C(=O)N[C@@H](CCC(=O)O)C(=O)N[C@H](C(=O)N[C@@H](Cc1c[nH]c2ccccc12)C(=O)N[C@@H](CS)C(=O)O)C(C)C)C(C)C)C(C)C. The van der Waals surface area contributed by atoms with Crippen molar-refractivity contribution in [3.8, 4) is 0 Å². The van der Waals surface area contributed by atoms with E-state index in [9.17, 15) is 131 Å². The molecule has 0 saturated carbocycles. The minimum atomic E-state index is -2.18. The average Bonchev–Trinajstić information content (AvgIpc) is 1.88. The maximum atomic E-state index is 14.6. The number of fused-ring (bicyclic) bond motifs is 1. The number of benzene rings is 1. The van der Waals surface area contributed by atoms with E-state index < -0.39 is 304 Å². The van der Waals surface area contributed by atoms with Crippen molar-refractivity contribution in [2.75, 3.05) is 12.4 Å². The number of nitrogens with two attached hydrogens (primary N) is 3. The number of para-hydroxylation sites is 1. The van der Waals surface area contributed by atoms with Gasteiger partial charge in [0.2, 0.25) is 94.5 Å². The average molecular weight is 1820 g/mol. The fourth-order valence-corrected chi connectivity index (χ4v) is 12.9. The third-order valence-corrected chi connectivity index (χ3v) is 19.9. The molecule has 3 heterocycles. The van der Waals surface area contributed by atoms with Crippen LogP contribution in [0.2, 0.25) is 0 Å². The Morgan fingerprint density at radius 1 is 0.375 bits per heavy atom. The van der Waals surface area contributed by atoms with Gasteiger partial charge in [-0.15, -0.1) is 0 Å². The molecule has 29 N–H and O–H groups in total. The summed E-state index contributed by atoms with van der Waals surface area (Å²) >= 11 is 4.00. The number of aromatic nitrogens is 5. The van der Waals surface area contributed by atoms with Gasteiger partial charge in [0.15, 0.2) is 0 Å². The Morgan fingerprint density at radius 2 is 0.719 bits per heavy atom. The molecule has 3 aromatic heterocycles. The van der Waals surface area contributed by atoms with Gasteiger partial charge in [-0.1, -0.05) is 73.6 Å². The Bertz CT molecular complexity index is 4580. The lowest BCUT2D eigenvalue weighted by atomic mass is 9.99. The summed E-state index contributed by atoms with van der Waals surface area (Å²) in [5.74, 6) is -29.7. The van der Waals surface area contributed by atoms with Gasteiger partial charge in [-0.2, -0.15) is 12.6 Å². The predicted molar refractivity (Wildman–Crippen MR) is 449 cm³/mol. The zero-order chi connectivity index (χ0) is 96.1. The predicted octanol–water partition coefficient (Wildman–Crippen LogP) is -7.01. The smallest absolute Gasteiger partial charge is 0.327 e. The lowest BCUT2D eigenvalue weighted by molar-refractivity contribution is -0.142. The number of hydrogen-bond donors (Lipinski definition) is 27. The van der Waals surface area contributed by atoms with Crippen molar-refractivity contribution in [3.63, 3.8) is 0 Å². The minimum absolute atomic E-state index is 0.00935. The van der Waals surface area contributed by atoms with E-state index in [1.165, 1.54) is 60.3 Å². The van der Waals surface area contributed by atoms with Gasteiger partial charge in [0.25, 0.3) is 0 Å². The third kappa shape index (κ3) is 36.1. The second kappa shape index (κ2) is 52.3. The van der Waals surface area contributed by atoms with Crippen LogP contribution in [0.1, 0.15) is 143 Å². The first-order chi connectivity index (χ1) is 60.1. The molecular formula is C78H114N22O27S. The van der Waals surface area contributed by atoms with E-state index in [1.807, 2.05) is 0 Å². The Kier molecular flexibility index (Phi) is 43.6. The highest BCUT2D eigenvalue weighted by molar-refractivity contribution is 7.80. The van der Waals surface area contributed by atoms with E-state index >= 15 is 0 Å². The molecule has 0 spiro atoms. The molecule has 50 heteroatoms. The van der Waals surface area contributed by atoms with E-state index in [0.29, 0.717) is 16.5 Å². The summed E-state index contributed by atoms with van der Waals surface area (Å²) in [7, 11) is 0. The van der Waals surface area contributed by atoms with Crippen LogP contribution in [0, 0.1) is 23.7 Å². The van der Waals surface area contributed by atoms with E-state index in [0.717, 1.165) is 6.33 Å². The molecule has 0 aliphatic heterocycles. The standard InChI is InChI=1S/C78H114N22O27S/c1-34(2)21-47(90-64(112)42(79)13-17-55(80)102)73(121)100-63(37(7)8)77(125)95-52(26-60(110)111)72(120)91-49(23-39-28-82-32-85-39)69(117)88-45(15-19-58(106)107)66(114)99-62(36(5)6)76(124)94-50(24-40-29-83-33-86-40)70(118)87-44(14-18-57(104)105)65(113)96-53(30-101)74(122)92-51(25-56(81)103)71(119)89-46(16-20-59(108)109)67(115)98-61(35(3)4)75(123)93-48(68(116)97-54(31-128)78(126)127)22-38-27-84-43-12-10-9-11-41(38)43/h9-12,27-29,32-37,42,44-54,61-63,84,101,128H,13-26,30-31,79H2,1-8H3,(H2,80,102)(H2,81,103)(H,82,85)(H,83,86)(H,87,118)(H,88,117)(H,89,119)(H,90,112)(H,91,120)(H,92,122)(H,93,123)(H,94,124)(H,95,125)(H,96,113)(H,97,116)(H,98,115)(H,99,114)(H,100,121)(H,104,105)(H,106,107)(H,108,109)(H,110,111)(H,126,127)/t42-,44-,45-,46-,47-,48-,49-,50-,51-,52-,53-,54-,61-,62-,63-/m0/s1. The molecule has 4 aromatic rings. The summed E-state index contributed by atoms with van der Waals surface area (Å²) < 4.78 is 0. The van der Waals surface area contributed by atoms with E-state index in [4.69, 9.17) is 17.2 Å². The maximum Gasteiger partial charge on any atom is 0.327 e. The molecule has 128 heavy (non-hydrogen) atoms.